The van der Waals surface area contributed by atoms with E-state index in [1.807, 2.05) is 0 Å². The molecule has 0 unspecified atom stereocenters. The van der Waals surface area contributed by atoms with Crippen molar-refractivity contribution < 1.29 is 6.85 Å². The molecule has 0 amide bonds. The quantitative estimate of drug-likeness (QED) is 0.663. The molecular weight excluding hydrogens is 204 g/mol. The van der Waals surface area contributed by atoms with Crippen molar-refractivity contribution in [3.63, 3.8) is 0 Å². The van der Waals surface area contributed by atoms with E-state index in [4.69, 9.17) is 6.85 Å². The molecule has 78 valence electrons. The van der Waals surface area contributed by atoms with Crippen molar-refractivity contribution in [2.24, 2.45) is 0 Å². The zero-order valence-electron chi connectivity index (χ0n) is 12.9. The number of nitrogens with zero attached hydrogens (tertiary/aromatic N) is 3. The Balaban J connectivity index is 2.35. The van der Waals surface area contributed by atoms with Gasteiger partial charge in [-0.1, -0.05) is 30.2 Å². The Morgan fingerprint density at radius 1 is 1.31 bits per heavy atom. The van der Waals surface area contributed by atoms with E-state index in [1.54, 1.807) is 0 Å². The summed E-state index contributed by atoms with van der Waals surface area (Å²) in [6, 6.07) is -0.664. The first-order valence-corrected chi connectivity index (χ1v) is 4.42. The Morgan fingerprint density at radius 2 is 2.12 bits per heavy atom. The number of hydrogen-bond donors (Lipinski definition) is 1. The summed E-state index contributed by atoms with van der Waals surface area (Å²) in [4.78, 5) is 15.3. The van der Waals surface area contributed by atoms with Gasteiger partial charge in [0, 0.05) is 11.6 Å². The van der Waals surface area contributed by atoms with Crippen LogP contribution in [-0.4, -0.2) is 19.6 Å². The number of H-pyrrole nitrogens is 1. The first-order chi connectivity index (χ1) is 9.91. The summed E-state index contributed by atoms with van der Waals surface area (Å²) in [6.45, 7) is 0. The van der Waals surface area contributed by atoms with Gasteiger partial charge in [0.2, 0.25) is 0 Å². The predicted octanol–water partition coefficient (Wildman–Crippen LogP) is 1.08. The predicted molar refractivity (Wildman–Crippen MR) is 59.0 cm³/mol. The highest BCUT2D eigenvalue weighted by molar-refractivity contribution is 5.62. The fraction of sp³-hybridized carbons (Fsp3) is 0. The molecule has 3 rings (SSSR count). The summed E-state index contributed by atoms with van der Waals surface area (Å²) < 4.78 is 39.7. The van der Waals surface area contributed by atoms with Crippen molar-refractivity contribution in [3.8, 4) is 11.3 Å². The first kappa shape index (κ1) is 5.07. The number of fused-ring (bicyclic) bond motifs is 1. The monoisotopic (exact) mass is 217 g/mol. The molecule has 0 aliphatic rings. The SMILES string of the molecule is [2H]c1c([2H])c([2H])c(-c2cc3n[nH]c(=O)n3cn2)c([2H])c1[2H]. The number of benzene rings is 1. The molecule has 2 heterocycles. The number of aromatic nitrogens is 4. The van der Waals surface area contributed by atoms with Gasteiger partial charge in [-0.2, -0.15) is 5.10 Å². The number of nitrogens with one attached hydrogen (secondary N) is 1. The van der Waals surface area contributed by atoms with Crippen LogP contribution in [0.5, 0.6) is 0 Å². The highest BCUT2D eigenvalue weighted by Gasteiger charge is 2.03. The van der Waals surface area contributed by atoms with E-state index in [-0.39, 0.29) is 29.0 Å². The number of hydrogen-bond acceptors (Lipinski definition) is 3. The van der Waals surface area contributed by atoms with Gasteiger partial charge in [-0.25, -0.2) is 19.3 Å². The van der Waals surface area contributed by atoms with Gasteiger partial charge in [0.15, 0.2) is 5.65 Å². The average molecular weight is 217 g/mol. The van der Waals surface area contributed by atoms with E-state index in [2.05, 4.69) is 15.2 Å². The van der Waals surface area contributed by atoms with E-state index in [9.17, 15) is 4.79 Å². The van der Waals surface area contributed by atoms with Crippen molar-refractivity contribution >= 4 is 5.65 Å². The summed E-state index contributed by atoms with van der Waals surface area (Å²) in [5, 5.41) is 5.99. The van der Waals surface area contributed by atoms with Crippen LogP contribution in [0.4, 0.5) is 0 Å². The summed E-state index contributed by atoms with van der Waals surface area (Å²) in [5.41, 5.74) is -0.0978. The smallest absolute Gasteiger partial charge is 0.246 e. The molecule has 0 radical (unpaired) electrons. The lowest BCUT2D eigenvalue weighted by Crippen LogP contribution is -2.09. The molecule has 0 saturated carbocycles. The minimum absolute atomic E-state index is 0.0288. The summed E-state index contributed by atoms with van der Waals surface area (Å²) in [6.07, 6.45) is 1.19. The maximum absolute atomic E-state index is 11.4. The van der Waals surface area contributed by atoms with Gasteiger partial charge in [-0.05, 0) is 0 Å². The van der Waals surface area contributed by atoms with Gasteiger partial charge in [0.25, 0.3) is 0 Å². The van der Waals surface area contributed by atoms with Crippen LogP contribution in [0.25, 0.3) is 16.9 Å². The lowest BCUT2D eigenvalue weighted by Gasteiger charge is -1.99. The molecule has 0 atom stereocenters. The summed E-state index contributed by atoms with van der Waals surface area (Å²) >= 11 is 0. The first-order valence-electron chi connectivity index (χ1n) is 6.92. The molecule has 0 aliphatic carbocycles. The zero-order chi connectivity index (χ0) is 15.3. The molecule has 2 aromatic heterocycles. The Hall–Kier alpha value is -2.43. The molecule has 0 aliphatic heterocycles. The fourth-order valence-corrected chi connectivity index (χ4v) is 1.32. The molecule has 0 saturated heterocycles. The van der Waals surface area contributed by atoms with E-state index < -0.39 is 23.8 Å². The van der Waals surface area contributed by atoms with Crippen LogP contribution in [0.15, 0.2) is 47.4 Å². The molecule has 1 aromatic carbocycles. The van der Waals surface area contributed by atoms with Crippen molar-refractivity contribution in [1.82, 2.24) is 19.6 Å². The Kier molecular flexibility index (Phi) is 1.05. The van der Waals surface area contributed by atoms with Crippen molar-refractivity contribution in [2.75, 3.05) is 0 Å². The largest absolute Gasteiger partial charge is 0.348 e. The lowest BCUT2D eigenvalue weighted by molar-refractivity contribution is 0.998. The van der Waals surface area contributed by atoms with Gasteiger partial charge in [0.05, 0.1) is 12.5 Å². The van der Waals surface area contributed by atoms with Crippen molar-refractivity contribution in [1.29, 1.82) is 0 Å². The van der Waals surface area contributed by atoms with E-state index in [0.29, 0.717) is 0 Å². The van der Waals surface area contributed by atoms with E-state index in [1.165, 1.54) is 12.4 Å². The Bertz CT molecular complexity index is 903. The average Bonchev–Trinajstić information content (AvgIpc) is 2.84. The van der Waals surface area contributed by atoms with Crippen LogP contribution < -0.4 is 5.69 Å². The molecular formula is C11H8N4O. The summed E-state index contributed by atoms with van der Waals surface area (Å²) in [7, 11) is 0. The van der Waals surface area contributed by atoms with Crippen molar-refractivity contribution in [2.45, 2.75) is 0 Å². The normalized spacial score (nSPS) is 15.1. The fourth-order valence-electron chi connectivity index (χ4n) is 1.32. The minimum atomic E-state index is -0.467. The van der Waals surface area contributed by atoms with Gasteiger partial charge in [-0.15, -0.1) is 0 Å². The maximum Gasteiger partial charge on any atom is 0.348 e. The molecule has 0 spiro atoms. The van der Waals surface area contributed by atoms with Gasteiger partial charge >= 0.3 is 5.69 Å². The highest BCUT2D eigenvalue weighted by atomic mass is 16.1. The second-order valence-corrected chi connectivity index (χ2v) is 3.03. The van der Waals surface area contributed by atoms with Gasteiger partial charge in [-0.3, -0.25) is 0 Å². The maximum atomic E-state index is 11.4. The van der Waals surface area contributed by atoms with E-state index in [0.717, 1.165) is 4.40 Å². The Morgan fingerprint density at radius 3 is 2.94 bits per heavy atom. The minimum Gasteiger partial charge on any atom is -0.246 e. The van der Waals surface area contributed by atoms with E-state index >= 15 is 0 Å². The third-order valence-corrected chi connectivity index (χ3v) is 2.07. The molecule has 3 aromatic rings. The topological polar surface area (TPSA) is 63.0 Å². The molecule has 16 heavy (non-hydrogen) atoms. The van der Waals surface area contributed by atoms with Crippen LogP contribution in [0.3, 0.4) is 0 Å². The Labute approximate surface area is 97.4 Å². The van der Waals surface area contributed by atoms with Crippen LogP contribution in [0, 0.1) is 0 Å². The zero-order valence-corrected chi connectivity index (χ0v) is 7.90. The molecule has 5 heteroatoms. The molecule has 5 nitrogen and oxygen atoms in total. The second kappa shape index (κ2) is 3.30. The van der Waals surface area contributed by atoms with Crippen LogP contribution in [-0.2, 0) is 0 Å². The van der Waals surface area contributed by atoms with Gasteiger partial charge < -0.3 is 0 Å². The standard InChI is InChI=1S/C11H8N4O/c16-11-14-13-10-6-9(12-7-15(10)11)8-4-2-1-3-5-8/h1-7H,(H,14,16)/i1D,2D,3D,4D,5D. The number of aromatic amines is 1. The molecule has 0 fully saturated rings. The lowest BCUT2D eigenvalue weighted by atomic mass is 10.1. The van der Waals surface area contributed by atoms with Crippen LogP contribution >= 0.6 is 0 Å². The second-order valence-electron chi connectivity index (χ2n) is 3.03. The third kappa shape index (κ3) is 1.30. The molecule has 1 N–H and O–H groups in total. The van der Waals surface area contributed by atoms with Crippen molar-refractivity contribution in [3.05, 3.63) is 53.1 Å². The number of rotatable bonds is 1. The van der Waals surface area contributed by atoms with Crippen LogP contribution in [0.2, 0.25) is 0 Å². The summed E-state index contributed by atoms with van der Waals surface area (Å²) in [5.74, 6) is 0. The molecule has 0 bridgehead atoms. The highest BCUT2D eigenvalue weighted by Crippen LogP contribution is 2.15. The van der Waals surface area contributed by atoms with Gasteiger partial charge in [0.1, 0.15) is 6.33 Å². The third-order valence-electron chi connectivity index (χ3n) is 2.07. The van der Waals surface area contributed by atoms with Crippen LogP contribution in [0.1, 0.15) is 6.85 Å².